The van der Waals surface area contributed by atoms with E-state index in [9.17, 15) is 0 Å². The molecule has 4 atom stereocenters. The zero-order chi connectivity index (χ0) is 8.55. The van der Waals surface area contributed by atoms with E-state index in [1.165, 1.54) is 32.1 Å². The molecule has 0 nitrogen and oxygen atoms in total. The van der Waals surface area contributed by atoms with Crippen LogP contribution in [0.5, 0.6) is 0 Å². The van der Waals surface area contributed by atoms with Gasteiger partial charge in [-0.2, -0.15) is 12.6 Å². The first-order valence-electron chi connectivity index (χ1n) is 5.43. The minimum absolute atomic E-state index is 0.949. The standard InChI is InChI=1S/C11H20S/c1-8-5-6-9-3-2-4-10(7-12)11(8)9/h8-12H,2-7H2,1H3. The smallest absolute Gasteiger partial charge is 0.00666 e. The third-order valence-corrected chi connectivity index (χ3v) is 4.59. The van der Waals surface area contributed by atoms with Gasteiger partial charge in [-0.15, -0.1) is 0 Å². The van der Waals surface area contributed by atoms with Gasteiger partial charge in [-0.25, -0.2) is 0 Å². The molecular formula is C11H20S. The molecule has 2 saturated carbocycles. The zero-order valence-electron chi connectivity index (χ0n) is 8.00. The summed E-state index contributed by atoms with van der Waals surface area (Å²) >= 11 is 4.49. The van der Waals surface area contributed by atoms with Crippen molar-refractivity contribution in [2.45, 2.75) is 39.0 Å². The average molecular weight is 184 g/mol. The van der Waals surface area contributed by atoms with Gasteiger partial charge in [0.15, 0.2) is 0 Å². The molecule has 0 spiro atoms. The molecule has 0 radical (unpaired) electrons. The summed E-state index contributed by atoms with van der Waals surface area (Å²) in [5, 5.41) is 0. The summed E-state index contributed by atoms with van der Waals surface area (Å²) in [6, 6.07) is 0. The minimum atomic E-state index is 0.949. The molecule has 2 rings (SSSR count). The molecule has 12 heavy (non-hydrogen) atoms. The van der Waals surface area contributed by atoms with Crippen molar-refractivity contribution in [1.82, 2.24) is 0 Å². The Balaban J connectivity index is 2.07. The van der Waals surface area contributed by atoms with Crippen LogP contribution in [0.25, 0.3) is 0 Å². The lowest BCUT2D eigenvalue weighted by molar-refractivity contribution is 0.166. The molecule has 0 aromatic carbocycles. The van der Waals surface area contributed by atoms with Gasteiger partial charge in [-0.1, -0.05) is 26.2 Å². The maximum absolute atomic E-state index is 4.49. The van der Waals surface area contributed by atoms with Crippen molar-refractivity contribution in [1.29, 1.82) is 0 Å². The van der Waals surface area contributed by atoms with Gasteiger partial charge in [0.05, 0.1) is 0 Å². The Bertz CT molecular complexity index is 153. The predicted octanol–water partition coefficient (Wildman–Crippen LogP) is 3.38. The van der Waals surface area contributed by atoms with Gasteiger partial charge < -0.3 is 0 Å². The first-order chi connectivity index (χ1) is 5.83. The molecule has 0 saturated heterocycles. The lowest BCUT2D eigenvalue weighted by Gasteiger charge is -2.35. The highest BCUT2D eigenvalue weighted by atomic mass is 32.1. The second-order valence-corrected chi connectivity index (χ2v) is 5.13. The Morgan fingerprint density at radius 2 is 2.00 bits per heavy atom. The number of hydrogen-bond acceptors (Lipinski definition) is 1. The highest BCUT2D eigenvalue weighted by Gasteiger charge is 2.39. The average Bonchev–Trinajstić information content (AvgIpc) is 2.48. The van der Waals surface area contributed by atoms with Crippen molar-refractivity contribution >= 4 is 12.6 Å². The van der Waals surface area contributed by atoms with Crippen molar-refractivity contribution in [3.05, 3.63) is 0 Å². The van der Waals surface area contributed by atoms with Crippen LogP contribution in [-0.4, -0.2) is 5.75 Å². The maximum Gasteiger partial charge on any atom is -0.00666 e. The van der Waals surface area contributed by atoms with E-state index in [1.54, 1.807) is 0 Å². The van der Waals surface area contributed by atoms with E-state index in [-0.39, 0.29) is 0 Å². The summed E-state index contributed by atoms with van der Waals surface area (Å²) in [5.74, 6) is 5.19. The van der Waals surface area contributed by atoms with Crippen molar-refractivity contribution in [3.8, 4) is 0 Å². The highest BCUT2D eigenvalue weighted by molar-refractivity contribution is 7.80. The minimum Gasteiger partial charge on any atom is -0.179 e. The van der Waals surface area contributed by atoms with Gasteiger partial charge in [0.25, 0.3) is 0 Å². The molecule has 1 heteroatoms. The Morgan fingerprint density at radius 1 is 1.17 bits per heavy atom. The molecule has 0 heterocycles. The Morgan fingerprint density at radius 3 is 2.75 bits per heavy atom. The molecule has 0 bridgehead atoms. The van der Waals surface area contributed by atoms with Crippen LogP contribution in [-0.2, 0) is 0 Å². The molecule has 2 fully saturated rings. The molecule has 0 aromatic rings. The van der Waals surface area contributed by atoms with Crippen LogP contribution >= 0.6 is 12.6 Å². The quantitative estimate of drug-likeness (QED) is 0.593. The highest BCUT2D eigenvalue weighted by Crippen LogP contribution is 2.48. The fraction of sp³-hybridized carbons (Fsp3) is 1.00. The third kappa shape index (κ3) is 1.41. The van der Waals surface area contributed by atoms with Gasteiger partial charge >= 0.3 is 0 Å². The van der Waals surface area contributed by atoms with E-state index >= 15 is 0 Å². The summed E-state index contributed by atoms with van der Waals surface area (Å²) in [6.07, 6.45) is 7.43. The molecule has 0 aliphatic heterocycles. The van der Waals surface area contributed by atoms with E-state index in [4.69, 9.17) is 0 Å². The molecule has 70 valence electrons. The van der Waals surface area contributed by atoms with E-state index in [0.29, 0.717) is 0 Å². The van der Waals surface area contributed by atoms with Gasteiger partial charge in [0, 0.05) is 0 Å². The van der Waals surface area contributed by atoms with Crippen molar-refractivity contribution in [2.75, 3.05) is 5.75 Å². The normalized spacial score (nSPS) is 47.5. The van der Waals surface area contributed by atoms with Crippen LogP contribution in [0.15, 0.2) is 0 Å². The van der Waals surface area contributed by atoms with Gasteiger partial charge in [0.1, 0.15) is 0 Å². The molecule has 0 aromatic heterocycles. The van der Waals surface area contributed by atoms with E-state index in [1.807, 2.05) is 0 Å². The molecular weight excluding hydrogens is 164 g/mol. The summed E-state index contributed by atoms with van der Waals surface area (Å²) in [4.78, 5) is 0. The van der Waals surface area contributed by atoms with E-state index in [0.717, 1.165) is 29.4 Å². The number of fused-ring (bicyclic) bond motifs is 1. The molecule has 0 N–H and O–H groups in total. The first-order valence-corrected chi connectivity index (χ1v) is 6.07. The molecule has 4 unspecified atom stereocenters. The van der Waals surface area contributed by atoms with Crippen LogP contribution < -0.4 is 0 Å². The second-order valence-electron chi connectivity index (χ2n) is 4.77. The lowest BCUT2D eigenvalue weighted by Crippen LogP contribution is -2.28. The van der Waals surface area contributed by atoms with Crippen molar-refractivity contribution in [2.24, 2.45) is 23.7 Å². The van der Waals surface area contributed by atoms with E-state index < -0.39 is 0 Å². The van der Waals surface area contributed by atoms with Crippen LogP contribution in [0.4, 0.5) is 0 Å². The fourth-order valence-corrected chi connectivity index (χ4v) is 3.99. The van der Waals surface area contributed by atoms with Gasteiger partial charge in [0.2, 0.25) is 0 Å². The molecule has 0 amide bonds. The van der Waals surface area contributed by atoms with Gasteiger partial charge in [-0.3, -0.25) is 0 Å². The Labute approximate surface area is 81.5 Å². The Hall–Kier alpha value is 0.350. The van der Waals surface area contributed by atoms with Crippen molar-refractivity contribution in [3.63, 3.8) is 0 Å². The topological polar surface area (TPSA) is 0 Å². The summed E-state index contributed by atoms with van der Waals surface area (Å²) in [7, 11) is 0. The number of thiol groups is 1. The first kappa shape index (κ1) is 8.93. The monoisotopic (exact) mass is 184 g/mol. The van der Waals surface area contributed by atoms with Crippen LogP contribution in [0.1, 0.15) is 39.0 Å². The lowest BCUT2D eigenvalue weighted by atomic mass is 9.72. The third-order valence-electron chi connectivity index (χ3n) is 4.12. The number of rotatable bonds is 1. The Kier molecular flexibility index (Phi) is 2.69. The van der Waals surface area contributed by atoms with E-state index in [2.05, 4.69) is 19.6 Å². The summed E-state index contributed by atoms with van der Waals surface area (Å²) < 4.78 is 0. The SMILES string of the molecule is CC1CCC2CCCC(CS)C12. The predicted molar refractivity (Wildman–Crippen MR) is 56.6 cm³/mol. The van der Waals surface area contributed by atoms with Crippen molar-refractivity contribution < 1.29 is 0 Å². The van der Waals surface area contributed by atoms with Crippen LogP contribution in [0, 0.1) is 23.7 Å². The largest absolute Gasteiger partial charge is 0.179 e. The van der Waals surface area contributed by atoms with Crippen LogP contribution in [0.3, 0.4) is 0 Å². The summed E-state index contributed by atoms with van der Waals surface area (Å²) in [6.45, 7) is 2.45. The van der Waals surface area contributed by atoms with Crippen LogP contribution in [0.2, 0.25) is 0 Å². The fourth-order valence-electron chi connectivity index (χ4n) is 3.56. The molecule has 2 aliphatic carbocycles. The molecule has 2 aliphatic rings. The number of hydrogen-bond donors (Lipinski definition) is 1. The van der Waals surface area contributed by atoms with Gasteiger partial charge in [-0.05, 0) is 42.3 Å². The summed E-state index contributed by atoms with van der Waals surface area (Å²) in [5.41, 5.74) is 0. The zero-order valence-corrected chi connectivity index (χ0v) is 8.89. The maximum atomic E-state index is 4.49. The second kappa shape index (κ2) is 3.61.